The molecule has 3 rings (SSSR count). The van der Waals surface area contributed by atoms with Crippen LogP contribution in [-0.2, 0) is 25.7 Å². The average molecular weight is 624 g/mol. The molecule has 0 bridgehead atoms. The van der Waals surface area contributed by atoms with Gasteiger partial charge in [0.15, 0.2) is 0 Å². The van der Waals surface area contributed by atoms with Crippen LogP contribution in [0.2, 0.25) is 0 Å². The maximum absolute atomic E-state index is 14.1. The SMILES string of the molecule is CC(=C[C@H](C(C)C)N(C)C(=O)[C@@H](NC(=O)[C@H]1CCCCN1C(C)C)C(C)(C)C)C(=O)N1CCC[C@H]1C(=O)NCc1ccccc1. The summed E-state index contributed by atoms with van der Waals surface area (Å²) in [4.78, 5) is 60.1. The molecule has 0 radical (unpaired) electrons. The Morgan fingerprint density at radius 3 is 2.18 bits per heavy atom. The first-order chi connectivity index (χ1) is 21.1. The molecule has 1 aromatic rings. The predicted octanol–water partition coefficient (Wildman–Crippen LogP) is 4.52. The second kappa shape index (κ2) is 15.9. The van der Waals surface area contributed by atoms with Crippen molar-refractivity contribution in [2.24, 2.45) is 11.3 Å². The summed E-state index contributed by atoms with van der Waals surface area (Å²) in [7, 11) is 1.75. The molecule has 0 aliphatic carbocycles. The number of benzene rings is 1. The Morgan fingerprint density at radius 1 is 0.933 bits per heavy atom. The Bertz CT molecular complexity index is 1210. The molecule has 0 spiro atoms. The number of nitrogens with one attached hydrogen (secondary N) is 2. The summed E-state index contributed by atoms with van der Waals surface area (Å²) in [5.41, 5.74) is 0.984. The van der Waals surface area contributed by atoms with Crippen molar-refractivity contribution in [2.45, 2.75) is 124 Å². The molecule has 4 atom stereocenters. The summed E-state index contributed by atoms with van der Waals surface area (Å²) in [5.74, 6) is -0.610. The number of carbonyl (C=O) groups is 4. The van der Waals surface area contributed by atoms with Crippen LogP contribution in [0.5, 0.6) is 0 Å². The lowest BCUT2D eigenvalue weighted by molar-refractivity contribution is -0.142. The Kier molecular flexibility index (Phi) is 12.8. The Hall–Kier alpha value is -3.20. The second-order valence-electron chi connectivity index (χ2n) is 14.5. The van der Waals surface area contributed by atoms with Gasteiger partial charge in [0.2, 0.25) is 23.6 Å². The van der Waals surface area contributed by atoms with Crippen LogP contribution in [0.1, 0.15) is 93.1 Å². The average Bonchev–Trinajstić information content (AvgIpc) is 3.50. The number of piperidine rings is 1. The molecule has 2 aliphatic rings. The van der Waals surface area contributed by atoms with Crippen LogP contribution in [0.15, 0.2) is 42.0 Å². The molecule has 0 aromatic heterocycles. The highest BCUT2D eigenvalue weighted by atomic mass is 16.2. The molecule has 9 nitrogen and oxygen atoms in total. The van der Waals surface area contributed by atoms with Gasteiger partial charge in [-0.25, -0.2) is 0 Å². The lowest BCUT2D eigenvalue weighted by Gasteiger charge is -2.41. The van der Waals surface area contributed by atoms with Crippen molar-refractivity contribution in [2.75, 3.05) is 20.1 Å². The van der Waals surface area contributed by atoms with Gasteiger partial charge in [0.1, 0.15) is 12.1 Å². The molecular weight excluding hydrogens is 566 g/mol. The highest BCUT2D eigenvalue weighted by Crippen LogP contribution is 2.27. The van der Waals surface area contributed by atoms with Crippen LogP contribution >= 0.6 is 0 Å². The smallest absolute Gasteiger partial charge is 0.249 e. The van der Waals surface area contributed by atoms with Crippen LogP contribution in [0.4, 0.5) is 0 Å². The van der Waals surface area contributed by atoms with Crippen molar-refractivity contribution >= 4 is 23.6 Å². The first kappa shape index (κ1) is 36.3. The fourth-order valence-corrected chi connectivity index (χ4v) is 6.58. The van der Waals surface area contributed by atoms with E-state index in [0.29, 0.717) is 25.1 Å². The van der Waals surface area contributed by atoms with Crippen LogP contribution in [0.25, 0.3) is 0 Å². The van der Waals surface area contributed by atoms with Crippen LogP contribution in [0.3, 0.4) is 0 Å². The zero-order valence-electron chi connectivity index (χ0n) is 29.1. The third kappa shape index (κ3) is 9.41. The zero-order chi connectivity index (χ0) is 33.5. The summed E-state index contributed by atoms with van der Waals surface area (Å²) in [6.07, 6.45) is 6.08. The van der Waals surface area contributed by atoms with Gasteiger partial charge in [0.25, 0.3) is 0 Å². The number of hydrogen-bond acceptors (Lipinski definition) is 5. The van der Waals surface area contributed by atoms with Gasteiger partial charge < -0.3 is 20.4 Å². The number of nitrogens with zero attached hydrogens (tertiary/aromatic N) is 3. The van der Waals surface area contributed by atoms with E-state index in [4.69, 9.17) is 0 Å². The number of rotatable bonds is 11. The van der Waals surface area contributed by atoms with E-state index in [-0.39, 0.29) is 47.7 Å². The number of hydrogen-bond donors (Lipinski definition) is 2. The van der Waals surface area contributed by atoms with Gasteiger partial charge in [-0.2, -0.15) is 0 Å². The highest BCUT2D eigenvalue weighted by Gasteiger charge is 2.40. The third-order valence-corrected chi connectivity index (χ3v) is 9.27. The van der Waals surface area contributed by atoms with Crippen molar-refractivity contribution in [3.05, 3.63) is 47.5 Å². The predicted molar refractivity (Wildman–Crippen MR) is 179 cm³/mol. The summed E-state index contributed by atoms with van der Waals surface area (Å²) >= 11 is 0. The topological polar surface area (TPSA) is 102 Å². The van der Waals surface area contributed by atoms with Gasteiger partial charge in [-0.1, -0.05) is 77.4 Å². The maximum Gasteiger partial charge on any atom is 0.249 e. The molecule has 2 fully saturated rings. The van der Waals surface area contributed by atoms with E-state index in [1.165, 1.54) is 0 Å². The summed E-state index contributed by atoms with van der Waals surface area (Å²) < 4.78 is 0. The molecule has 4 amide bonds. The molecule has 45 heavy (non-hydrogen) atoms. The summed E-state index contributed by atoms with van der Waals surface area (Å²) in [5, 5.41) is 6.13. The van der Waals surface area contributed by atoms with Gasteiger partial charge in [0, 0.05) is 31.8 Å². The van der Waals surface area contributed by atoms with Gasteiger partial charge in [-0.15, -0.1) is 0 Å². The molecule has 9 heteroatoms. The third-order valence-electron chi connectivity index (χ3n) is 9.27. The van der Waals surface area contributed by atoms with Gasteiger partial charge >= 0.3 is 0 Å². The highest BCUT2D eigenvalue weighted by molar-refractivity contribution is 5.97. The summed E-state index contributed by atoms with van der Waals surface area (Å²) in [6, 6.07) is 8.09. The molecule has 1 aromatic carbocycles. The molecule has 2 aliphatic heterocycles. The van der Waals surface area contributed by atoms with E-state index in [1.807, 2.05) is 71.0 Å². The number of likely N-dealkylation sites (N-methyl/N-ethyl adjacent to an activating group) is 1. The van der Waals surface area contributed by atoms with Gasteiger partial charge in [0.05, 0.1) is 12.1 Å². The Labute approximate surface area is 271 Å². The normalized spacial score (nSPS) is 21.0. The maximum atomic E-state index is 14.1. The standard InChI is InChI=1S/C36H57N5O4/c1-24(2)30(22-26(5)34(44)41-21-15-19-28(41)32(42)37-23-27-16-11-10-12-17-27)39(9)35(45)31(36(6,7)8)38-33(43)29-18-13-14-20-40(29)25(3)4/h10-12,16-17,22,24-25,28-31H,13-15,18-21,23H2,1-9H3,(H,37,42)(H,38,43)/t28-,29+,30+,31+/m0/s1. The van der Waals surface area contributed by atoms with Crippen molar-refractivity contribution in [1.82, 2.24) is 25.3 Å². The molecular formula is C36H57N5O4. The minimum Gasteiger partial charge on any atom is -0.350 e. The zero-order valence-corrected chi connectivity index (χ0v) is 29.1. The monoisotopic (exact) mass is 623 g/mol. The Balaban J connectivity index is 1.75. The number of amides is 4. The van der Waals surface area contributed by atoms with Crippen molar-refractivity contribution in [3.8, 4) is 0 Å². The van der Waals surface area contributed by atoms with E-state index < -0.39 is 17.5 Å². The second-order valence-corrected chi connectivity index (χ2v) is 14.5. The molecule has 2 N–H and O–H groups in total. The Morgan fingerprint density at radius 2 is 1.58 bits per heavy atom. The lowest BCUT2D eigenvalue weighted by Crippen LogP contribution is -2.60. The van der Waals surface area contributed by atoms with Gasteiger partial charge in [-0.3, -0.25) is 24.1 Å². The van der Waals surface area contributed by atoms with E-state index in [1.54, 1.807) is 23.8 Å². The minimum absolute atomic E-state index is 0.0105. The van der Waals surface area contributed by atoms with E-state index in [0.717, 1.165) is 37.8 Å². The first-order valence-corrected chi connectivity index (χ1v) is 16.8. The first-order valence-electron chi connectivity index (χ1n) is 16.8. The molecule has 0 unspecified atom stereocenters. The summed E-state index contributed by atoms with van der Waals surface area (Å²) in [6.45, 7) is 17.7. The largest absolute Gasteiger partial charge is 0.350 e. The van der Waals surface area contributed by atoms with Crippen LogP contribution < -0.4 is 10.6 Å². The van der Waals surface area contributed by atoms with Crippen molar-refractivity contribution < 1.29 is 19.2 Å². The molecule has 0 saturated carbocycles. The quantitative estimate of drug-likeness (QED) is 0.353. The van der Waals surface area contributed by atoms with Crippen LogP contribution in [0, 0.1) is 11.3 Å². The number of likely N-dealkylation sites (tertiary alicyclic amines) is 2. The van der Waals surface area contributed by atoms with E-state index in [2.05, 4.69) is 29.4 Å². The fraction of sp³-hybridized carbons (Fsp3) is 0.667. The lowest BCUT2D eigenvalue weighted by atomic mass is 9.84. The molecule has 2 heterocycles. The minimum atomic E-state index is -0.729. The van der Waals surface area contributed by atoms with E-state index in [9.17, 15) is 19.2 Å². The molecule has 250 valence electrons. The fourth-order valence-electron chi connectivity index (χ4n) is 6.58. The van der Waals surface area contributed by atoms with Crippen molar-refractivity contribution in [1.29, 1.82) is 0 Å². The van der Waals surface area contributed by atoms with Gasteiger partial charge in [-0.05, 0) is 69.9 Å². The number of carbonyl (C=O) groups excluding carboxylic acids is 4. The van der Waals surface area contributed by atoms with Crippen molar-refractivity contribution in [3.63, 3.8) is 0 Å². The van der Waals surface area contributed by atoms with Crippen LogP contribution in [-0.4, -0.2) is 88.7 Å². The van der Waals surface area contributed by atoms with E-state index >= 15 is 0 Å². The molecule has 2 saturated heterocycles.